The van der Waals surface area contributed by atoms with Crippen molar-refractivity contribution >= 4 is 34.4 Å². The molecule has 3 fully saturated rings. The Morgan fingerprint density at radius 2 is 1.88 bits per heavy atom. The molecule has 5 rings (SSSR count). The van der Waals surface area contributed by atoms with Crippen LogP contribution in [0.25, 0.3) is 0 Å². The zero-order valence-electron chi connectivity index (χ0n) is 24.0. The lowest BCUT2D eigenvalue weighted by Crippen LogP contribution is -2.69. The number of Topliss-reactive ketones (excluding diaryl/α,β-unsaturated/α-hetero) is 1. The van der Waals surface area contributed by atoms with Crippen LogP contribution in [0.4, 0.5) is 13.2 Å². The number of rotatable bonds is 6. The van der Waals surface area contributed by atoms with Crippen molar-refractivity contribution in [1.82, 2.24) is 0 Å². The summed E-state index contributed by atoms with van der Waals surface area (Å²) in [4.78, 5) is 52.0. The van der Waals surface area contributed by atoms with Crippen LogP contribution < -0.4 is 0 Å². The van der Waals surface area contributed by atoms with Crippen molar-refractivity contribution in [1.29, 1.82) is 0 Å². The van der Waals surface area contributed by atoms with Gasteiger partial charge in [0.25, 0.3) is 0 Å². The summed E-state index contributed by atoms with van der Waals surface area (Å²) in [5.74, 6) is -5.73. The Hall–Kier alpha value is -2.72. The van der Waals surface area contributed by atoms with Gasteiger partial charge in [-0.1, -0.05) is 44.2 Å². The molecule has 10 heteroatoms. The first-order valence-electron chi connectivity index (χ1n) is 14.3. The van der Waals surface area contributed by atoms with Gasteiger partial charge in [0.15, 0.2) is 22.8 Å². The number of alkyl halides is 1. The second-order valence-corrected chi connectivity index (χ2v) is 13.5. The molecule has 0 unspecified atom stereocenters. The van der Waals surface area contributed by atoms with Crippen molar-refractivity contribution in [3.05, 3.63) is 59.2 Å². The van der Waals surface area contributed by atoms with E-state index in [9.17, 15) is 33.1 Å². The number of fused-ring (bicyclic) bond motifs is 5. The molecule has 0 aliphatic heterocycles. The number of thioether (sulfide) groups is 1. The second-order valence-electron chi connectivity index (χ2n) is 12.6. The molecule has 8 atom stereocenters. The largest absolute Gasteiger partial charge is 0.449 e. The van der Waals surface area contributed by atoms with Crippen molar-refractivity contribution in [2.75, 3.05) is 5.75 Å². The fourth-order valence-electron chi connectivity index (χ4n) is 8.51. The summed E-state index contributed by atoms with van der Waals surface area (Å²) in [5, 5.41) is 11.0. The fourth-order valence-corrected chi connectivity index (χ4v) is 9.62. The summed E-state index contributed by atoms with van der Waals surface area (Å²) < 4.78 is 51.2. The van der Waals surface area contributed by atoms with E-state index in [-0.39, 0.29) is 24.2 Å². The van der Waals surface area contributed by atoms with E-state index in [4.69, 9.17) is 4.74 Å². The van der Waals surface area contributed by atoms with E-state index in [0.29, 0.717) is 42.7 Å². The van der Waals surface area contributed by atoms with E-state index in [1.54, 1.807) is 33.8 Å². The minimum absolute atomic E-state index is 0.0308. The number of allylic oxidation sites excluding steroid dienone is 4. The quantitative estimate of drug-likeness (QED) is 0.328. The van der Waals surface area contributed by atoms with E-state index >= 15 is 4.39 Å². The highest BCUT2D eigenvalue weighted by molar-refractivity contribution is 8.14. The minimum atomic E-state index is -2.13. The molecule has 3 saturated carbocycles. The monoisotopic (exact) mass is 604 g/mol. The SMILES string of the molecule is CCC(=O)O[C@]1(C(=O)SCC(=O)c2ccc(F)cc2F)[C@H](C)C[C@H]2[C@@H]3CCC4=CC(=O)C=C[C@]4(C)[C@@]3(F)[C@@H](O)C[C@@]21C. The van der Waals surface area contributed by atoms with Crippen molar-refractivity contribution in [3.8, 4) is 0 Å². The molecule has 0 saturated heterocycles. The predicted molar refractivity (Wildman–Crippen MR) is 150 cm³/mol. The topological polar surface area (TPSA) is 97.7 Å². The molecule has 6 nitrogen and oxygen atoms in total. The molecule has 226 valence electrons. The molecule has 1 aromatic rings. The van der Waals surface area contributed by atoms with Crippen molar-refractivity contribution in [2.24, 2.45) is 28.6 Å². The Bertz CT molecular complexity index is 1420. The van der Waals surface area contributed by atoms with Gasteiger partial charge < -0.3 is 9.84 Å². The first kappa shape index (κ1) is 30.7. The van der Waals surface area contributed by atoms with Gasteiger partial charge >= 0.3 is 5.97 Å². The summed E-state index contributed by atoms with van der Waals surface area (Å²) >= 11 is 0.587. The summed E-state index contributed by atoms with van der Waals surface area (Å²) in [6.07, 6.45) is 3.67. The third-order valence-corrected chi connectivity index (χ3v) is 11.6. The number of halogens is 3. The molecular weight excluding hydrogens is 569 g/mol. The van der Waals surface area contributed by atoms with Gasteiger partial charge in [0.2, 0.25) is 5.12 Å². The normalized spacial score (nSPS) is 38.7. The third-order valence-electron chi connectivity index (χ3n) is 10.6. The van der Waals surface area contributed by atoms with Gasteiger partial charge in [0, 0.05) is 35.2 Å². The highest BCUT2D eigenvalue weighted by Crippen LogP contribution is 2.71. The highest BCUT2D eigenvalue weighted by atomic mass is 32.2. The number of carbonyl (C=O) groups is 4. The van der Waals surface area contributed by atoms with Gasteiger partial charge in [-0.25, -0.2) is 13.2 Å². The molecule has 0 bridgehead atoms. The average molecular weight is 605 g/mol. The first-order valence-corrected chi connectivity index (χ1v) is 15.3. The smallest absolute Gasteiger partial charge is 0.306 e. The molecular formula is C32H35F3O6S. The van der Waals surface area contributed by atoms with Crippen LogP contribution in [0.3, 0.4) is 0 Å². The van der Waals surface area contributed by atoms with Crippen LogP contribution in [0.1, 0.15) is 70.2 Å². The number of hydrogen-bond acceptors (Lipinski definition) is 7. The first-order chi connectivity index (χ1) is 19.7. The molecule has 0 aromatic heterocycles. The van der Waals surface area contributed by atoms with Crippen LogP contribution in [0.5, 0.6) is 0 Å². The minimum Gasteiger partial charge on any atom is -0.449 e. The Balaban J connectivity index is 1.52. The van der Waals surface area contributed by atoms with Gasteiger partial charge in [-0.15, -0.1) is 0 Å². The lowest BCUT2D eigenvalue weighted by Gasteiger charge is -2.62. The van der Waals surface area contributed by atoms with Gasteiger partial charge in [0.1, 0.15) is 11.6 Å². The number of carbonyl (C=O) groups excluding carboxylic acids is 4. The van der Waals surface area contributed by atoms with Crippen LogP contribution in [0.2, 0.25) is 0 Å². The second kappa shape index (κ2) is 10.5. The van der Waals surface area contributed by atoms with Crippen molar-refractivity contribution < 1.29 is 42.2 Å². The molecule has 1 N–H and O–H groups in total. The number of benzene rings is 1. The summed E-state index contributed by atoms with van der Waals surface area (Å²) in [6.45, 7) is 6.79. The van der Waals surface area contributed by atoms with E-state index in [0.717, 1.165) is 12.1 Å². The molecule has 0 heterocycles. The lowest BCUT2D eigenvalue weighted by atomic mass is 9.45. The van der Waals surface area contributed by atoms with Crippen LogP contribution in [0, 0.1) is 40.2 Å². The lowest BCUT2D eigenvalue weighted by molar-refractivity contribution is -0.225. The van der Waals surface area contributed by atoms with Gasteiger partial charge in [-0.2, -0.15) is 0 Å². The number of aliphatic hydroxyl groups is 1. The zero-order valence-corrected chi connectivity index (χ0v) is 24.9. The summed E-state index contributed by atoms with van der Waals surface area (Å²) in [7, 11) is 0. The van der Waals surface area contributed by atoms with Crippen molar-refractivity contribution in [2.45, 2.75) is 77.2 Å². The molecule has 1 aromatic carbocycles. The Labute approximate surface area is 247 Å². The maximum absolute atomic E-state index is 17.5. The highest BCUT2D eigenvalue weighted by Gasteiger charge is 2.77. The fraction of sp³-hybridized carbons (Fsp3) is 0.562. The molecule has 0 radical (unpaired) electrons. The van der Waals surface area contributed by atoms with Gasteiger partial charge in [-0.3, -0.25) is 19.2 Å². The van der Waals surface area contributed by atoms with E-state index < -0.39 is 80.2 Å². The maximum atomic E-state index is 17.5. The number of ketones is 2. The number of hydrogen-bond donors (Lipinski definition) is 1. The molecule has 0 spiro atoms. The van der Waals surface area contributed by atoms with E-state index in [2.05, 4.69) is 0 Å². The van der Waals surface area contributed by atoms with Crippen LogP contribution >= 0.6 is 11.8 Å². The van der Waals surface area contributed by atoms with Crippen molar-refractivity contribution in [3.63, 3.8) is 0 Å². The van der Waals surface area contributed by atoms with Crippen LogP contribution in [0.15, 0.2) is 42.0 Å². The maximum Gasteiger partial charge on any atom is 0.306 e. The molecule has 4 aliphatic rings. The summed E-state index contributed by atoms with van der Waals surface area (Å²) in [5.41, 5.74) is -6.05. The standard InChI is InChI=1S/C32H35F3O6S/c1-5-27(39)41-32(28(40)42-16-25(37)21-8-7-19(33)14-24(21)34)17(2)12-23-22-9-6-18-13-20(36)10-11-29(18,3)31(22,35)26(38)15-30(23,32)4/h7-8,10-11,13-14,17,22-23,26,38H,5-6,9,12,15-16H2,1-4H3/t17-,22+,23+,26+,29+,30+,31+,32+/m1/s1. The third kappa shape index (κ3) is 4.19. The van der Waals surface area contributed by atoms with E-state index in [1.807, 2.05) is 0 Å². The molecule has 42 heavy (non-hydrogen) atoms. The van der Waals surface area contributed by atoms with Gasteiger partial charge in [0.05, 0.1) is 17.4 Å². The number of aliphatic hydroxyl groups excluding tert-OH is 1. The Morgan fingerprint density at radius 1 is 1.17 bits per heavy atom. The van der Waals surface area contributed by atoms with Gasteiger partial charge in [-0.05, 0) is 62.8 Å². The molecule has 4 aliphatic carbocycles. The Kier molecular flexibility index (Phi) is 7.66. The molecule has 0 amide bonds. The van der Waals surface area contributed by atoms with Crippen LogP contribution in [-0.2, 0) is 19.1 Å². The zero-order chi connectivity index (χ0) is 30.8. The Morgan fingerprint density at radius 3 is 2.55 bits per heavy atom. The average Bonchev–Trinajstić information content (AvgIpc) is 3.14. The van der Waals surface area contributed by atoms with Crippen LogP contribution in [-0.4, -0.2) is 50.9 Å². The number of esters is 1. The number of ether oxygens (including phenoxy) is 1. The predicted octanol–water partition coefficient (Wildman–Crippen LogP) is 5.72. The summed E-state index contributed by atoms with van der Waals surface area (Å²) in [6, 6.07) is 2.55. The van der Waals surface area contributed by atoms with E-state index in [1.165, 1.54) is 12.2 Å².